The summed E-state index contributed by atoms with van der Waals surface area (Å²) < 4.78 is 12.3. The molecule has 0 fully saturated rings. The number of rotatable bonds is 11. The molecule has 1 aromatic heterocycles. The maximum Gasteiger partial charge on any atom is 0.268 e. The van der Waals surface area contributed by atoms with Gasteiger partial charge in [-0.05, 0) is 49.2 Å². The van der Waals surface area contributed by atoms with E-state index in [0.717, 1.165) is 33.4 Å². The van der Waals surface area contributed by atoms with E-state index in [0.29, 0.717) is 28.8 Å². The van der Waals surface area contributed by atoms with Crippen LogP contribution in [0.2, 0.25) is 0 Å². The van der Waals surface area contributed by atoms with Crippen LogP contribution in [0.25, 0.3) is 17.3 Å². The van der Waals surface area contributed by atoms with Crippen LogP contribution in [0.15, 0.2) is 52.5 Å². The van der Waals surface area contributed by atoms with Gasteiger partial charge in [-0.25, -0.2) is 4.98 Å². The van der Waals surface area contributed by atoms with Crippen molar-refractivity contribution < 1.29 is 14.3 Å². The highest BCUT2D eigenvalue weighted by atomic mass is 79.9. The van der Waals surface area contributed by atoms with Gasteiger partial charge in [0.2, 0.25) is 0 Å². The van der Waals surface area contributed by atoms with Crippen molar-refractivity contribution in [1.29, 1.82) is 5.26 Å². The number of benzene rings is 2. The fourth-order valence-electron chi connectivity index (χ4n) is 3.41. The van der Waals surface area contributed by atoms with Gasteiger partial charge >= 0.3 is 0 Å². The Morgan fingerprint density at radius 1 is 1.17 bits per heavy atom. The minimum absolute atomic E-state index is 0.0293. The Bertz CT molecular complexity index is 1230. The number of carbonyl (C=O) groups excluding carboxylic acids is 1. The Hall–Kier alpha value is -3.15. The van der Waals surface area contributed by atoms with Gasteiger partial charge in [0.1, 0.15) is 11.6 Å². The van der Waals surface area contributed by atoms with Gasteiger partial charge in [-0.1, -0.05) is 60.3 Å². The molecule has 8 heteroatoms. The smallest absolute Gasteiger partial charge is 0.268 e. The predicted molar refractivity (Wildman–Crippen MR) is 145 cm³/mol. The second-order valence-corrected chi connectivity index (χ2v) is 9.99. The molecule has 2 aromatic carbocycles. The summed E-state index contributed by atoms with van der Waals surface area (Å²) in [4.78, 5) is 18.3. The fourth-order valence-corrected chi connectivity index (χ4v) is 4.50. The number of ether oxygens (including phenoxy) is 2. The number of nitrogens with zero attached hydrogens (tertiary/aromatic N) is 2. The summed E-state index contributed by atoms with van der Waals surface area (Å²) in [6, 6.07) is 15.2. The van der Waals surface area contributed by atoms with E-state index in [9.17, 15) is 10.1 Å². The SMILES string of the molecule is CCCCCCOc1ccc(/C=C(\C#N)C(=O)Nc2nc(-c3ccc(Br)cc3)c(C)s2)cc1OC. The number of anilines is 1. The monoisotopic (exact) mass is 553 g/mol. The molecule has 3 aromatic rings. The number of carbonyl (C=O) groups is 1. The maximum atomic E-state index is 12.8. The zero-order chi connectivity index (χ0) is 25.2. The molecular weight excluding hydrogens is 526 g/mol. The highest BCUT2D eigenvalue weighted by Crippen LogP contribution is 2.32. The van der Waals surface area contributed by atoms with Gasteiger partial charge in [-0.3, -0.25) is 10.1 Å². The standard InChI is InChI=1S/C27H28BrN3O3S/c1-4-5-6-7-14-34-23-13-8-19(16-24(23)33-3)15-21(17-29)26(32)31-27-30-25(18(2)35-27)20-9-11-22(28)12-10-20/h8-13,15-16H,4-7,14H2,1-3H3,(H,30,31,32)/b21-15+. The third-order valence-corrected chi connectivity index (χ3v) is 6.67. The zero-order valence-electron chi connectivity index (χ0n) is 20.1. The number of halogens is 1. The number of hydrogen-bond acceptors (Lipinski definition) is 6. The summed E-state index contributed by atoms with van der Waals surface area (Å²) in [5.74, 6) is 0.684. The number of unbranched alkanes of at least 4 members (excludes halogenated alkanes) is 3. The van der Waals surface area contributed by atoms with E-state index in [-0.39, 0.29) is 5.57 Å². The van der Waals surface area contributed by atoms with Crippen LogP contribution in [0.3, 0.4) is 0 Å². The molecule has 35 heavy (non-hydrogen) atoms. The van der Waals surface area contributed by atoms with Crippen molar-refractivity contribution >= 4 is 44.4 Å². The number of aryl methyl sites for hydroxylation is 1. The van der Waals surface area contributed by atoms with Gasteiger partial charge in [-0.15, -0.1) is 11.3 Å². The highest BCUT2D eigenvalue weighted by molar-refractivity contribution is 9.10. The molecule has 0 aliphatic heterocycles. The van der Waals surface area contributed by atoms with Crippen molar-refractivity contribution in [2.45, 2.75) is 39.5 Å². The zero-order valence-corrected chi connectivity index (χ0v) is 22.5. The van der Waals surface area contributed by atoms with E-state index in [1.165, 1.54) is 30.3 Å². The molecule has 1 N–H and O–H groups in total. The van der Waals surface area contributed by atoms with Crippen LogP contribution in [0.4, 0.5) is 5.13 Å². The van der Waals surface area contributed by atoms with Gasteiger partial charge in [0.15, 0.2) is 16.6 Å². The molecule has 3 rings (SSSR count). The predicted octanol–water partition coefficient (Wildman–Crippen LogP) is 7.39. The van der Waals surface area contributed by atoms with E-state index in [4.69, 9.17) is 9.47 Å². The highest BCUT2D eigenvalue weighted by Gasteiger charge is 2.15. The molecule has 0 spiro atoms. The van der Waals surface area contributed by atoms with Crippen LogP contribution in [0, 0.1) is 18.3 Å². The molecule has 0 atom stereocenters. The van der Waals surface area contributed by atoms with E-state index < -0.39 is 5.91 Å². The van der Waals surface area contributed by atoms with Crippen LogP contribution < -0.4 is 14.8 Å². The van der Waals surface area contributed by atoms with E-state index in [1.807, 2.05) is 37.3 Å². The van der Waals surface area contributed by atoms with E-state index in [1.54, 1.807) is 25.3 Å². The average Bonchev–Trinajstić information content (AvgIpc) is 3.22. The number of methoxy groups -OCH3 is 1. The molecule has 0 bridgehead atoms. The number of nitriles is 1. The Morgan fingerprint density at radius 2 is 1.94 bits per heavy atom. The van der Waals surface area contributed by atoms with Crippen LogP contribution in [-0.2, 0) is 4.79 Å². The summed E-state index contributed by atoms with van der Waals surface area (Å²) in [7, 11) is 1.57. The summed E-state index contributed by atoms with van der Waals surface area (Å²) in [6.07, 6.45) is 6.00. The van der Waals surface area contributed by atoms with Crippen molar-refractivity contribution in [3.63, 3.8) is 0 Å². The van der Waals surface area contributed by atoms with Gasteiger partial charge < -0.3 is 9.47 Å². The number of aromatic nitrogens is 1. The Morgan fingerprint density at radius 3 is 2.63 bits per heavy atom. The van der Waals surface area contributed by atoms with Crippen molar-refractivity contribution in [3.8, 4) is 28.8 Å². The topological polar surface area (TPSA) is 84.2 Å². The van der Waals surface area contributed by atoms with Crippen molar-refractivity contribution in [2.75, 3.05) is 19.0 Å². The van der Waals surface area contributed by atoms with Gasteiger partial charge in [-0.2, -0.15) is 5.26 Å². The lowest BCUT2D eigenvalue weighted by molar-refractivity contribution is -0.112. The molecular formula is C27H28BrN3O3S. The first-order chi connectivity index (χ1) is 16.9. The lowest BCUT2D eigenvalue weighted by atomic mass is 10.1. The minimum Gasteiger partial charge on any atom is -0.493 e. The number of nitrogens with one attached hydrogen (secondary N) is 1. The number of hydrogen-bond donors (Lipinski definition) is 1. The Kier molecular flexibility index (Phi) is 9.88. The lowest BCUT2D eigenvalue weighted by Gasteiger charge is -2.11. The van der Waals surface area contributed by atoms with Crippen molar-refractivity contribution in [3.05, 3.63) is 63.0 Å². The third-order valence-electron chi connectivity index (χ3n) is 5.25. The maximum absolute atomic E-state index is 12.8. The van der Waals surface area contributed by atoms with Gasteiger partial charge in [0.05, 0.1) is 19.4 Å². The molecule has 0 saturated heterocycles. The average molecular weight is 555 g/mol. The second-order valence-electron chi connectivity index (χ2n) is 7.87. The number of amides is 1. The summed E-state index contributed by atoms with van der Waals surface area (Å²) >= 11 is 4.80. The first-order valence-corrected chi connectivity index (χ1v) is 13.0. The first-order valence-electron chi connectivity index (χ1n) is 11.4. The third kappa shape index (κ3) is 7.41. The van der Waals surface area contributed by atoms with Crippen LogP contribution in [-0.4, -0.2) is 24.6 Å². The largest absolute Gasteiger partial charge is 0.493 e. The lowest BCUT2D eigenvalue weighted by Crippen LogP contribution is -2.13. The molecule has 182 valence electrons. The normalized spacial score (nSPS) is 11.1. The molecule has 0 aliphatic rings. The molecule has 1 amide bonds. The first kappa shape index (κ1) is 26.5. The van der Waals surface area contributed by atoms with Crippen molar-refractivity contribution in [1.82, 2.24) is 4.98 Å². The van der Waals surface area contributed by atoms with E-state index in [2.05, 4.69) is 33.2 Å². The summed E-state index contributed by atoms with van der Waals surface area (Å²) in [6.45, 7) is 4.74. The molecule has 0 unspecified atom stereocenters. The molecule has 1 heterocycles. The van der Waals surface area contributed by atoms with Crippen LogP contribution in [0.5, 0.6) is 11.5 Å². The van der Waals surface area contributed by atoms with Gasteiger partial charge in [0, 0.05) is 14.9 Å². The van der Waals surface area contributed by atoms with Crippen molar-refractivity contribution in [2.24, 2.45) is 0 Å². The van der Waals surface area contributed by atoms with Gasteiger partial charge in [0.25, 0.3) is 5.91 Å². The minimum atomic E-state index is -0.515. The Labute approximate surface area is 218 Å². The molecule has 0 aliphatic carbocycles. The molecule has 0 saturated carbocycles. The summed E-state index contributed by atoms with van der Waals surface area (Å²) in [5.41, 5.74) is 2.39. The van der Waals surface area contributed by atoms with Crippen LogP contribution in [0.1, 0.15) is 43.0 Å². The summed E-state index contributed by atoms with van der Waals surface area (Å²) in [5, 5.41) is 12.8. The van der Waals surface area contributed by atoms with E-state index >= 15 is 0 Å². The quantitative estimate of drug-likeness (QED) is 0.152. The molecule has 6 nitrogen and oxygen atoms in total. The van der Waals surface area contributed by atoms with Crippen LogP contribution >= 0.6 is 27.3 Å². The number of thiazole rings is 1. The fraction of sp³-hybridized carbons (Fsp3) is 0.296. The molecule has 0 radical (unpaired) electrons. The second kappa shape index (κ2) is 13.1. The Balaban J connectivity index is 1.71.